The van der Waals surface area contributed by atoms with Crippen LogP contribution >= 0.6 is 11.6 Å². The molecule has 0 aliphatic heterocycles. The SMILES string of the molecule is Cc1ccccc1N(C(=O)CCCCl)C(C#N)c1ccccc1OCc1ccccc1. The summed E-state index contributed by atoms with van der Waals surface area (Å²) in [6, 6.07) is 26.3. The molecule has 0 spiro atoms. The number of ether oxygens (including phenoxy) is 1. The molecule has 0 bridgehead atoms. The summed E-state index contributed by atoms with van der Waals surface area (Å²) >= 11 is 5.83. The third kappa shape index (κ3) is 5.65. The van der Waals surface area contributed by atoms with E-state index >= 15 is 0 Å². The predicted molar refractivity (Wildman–Crippen MR) is 124 cm³/mol. The molecule has 4 nitrogen and oxygen atoms in total. The number of benzene rings is 3. The van der Waals surface area contributed by atoms with Crippen LogP contribution in [0.2, 0.25) is 0 Å². The lowest BCUT2D eigenvalue weighted by Gasteiger charge is -2.30. The fourth-order valence-electron chi connectivity index (χ4n) is 3.43. The van der Waals surface area contributed by atoms with E-state index in [2.05, 4.69) is 6.07 Å². The second-order valence-electron chi connectivity index (χ2n) is 7.19. The van der Waals surface area contributed by atoms with Gasteiger partial charge in [0, 0.05) is 23.6 Å². The van der Waals surface area contributed by atoms with E-state index in [9.17, 15) is 10.1 Å². The first-order valence-electron chi connectivity index (χ1n) is 10.2. The first kappa shape index (κ1) is 22.4. The molecule has 0 aliphatic rings. The number of para-hydroxylation sites is 2. The van der Waals surface area contributed by atoms with Crippen molar-refractivity contribution in [2.45, 2.75) is 32.4 Å². The number of aryl methyl sites for hydroxylation is 1. The third-order valence-electron chi connectivity index (χ3n) is 5.00. The fraction of sp³-hybridized carbons (Fsp3) is 0.231. The summed E-state index contributed by atoms with van der Waals surface area (Å²) < 4.78 is 6.07. The minimum atomic E-state index is -0.823. The van der Waals surface area contributed by atoms with E-state index in [1.54, 1.807) is 4.90 Å². The number of nitrogens with zero attached hydrogens (tertiary/aromatic N) is 2. The van der Waals surface area contributed by atoms with Crippen LogP contribution in [0.3, 0.4) is 0 Å². The smallest absolute Gasteiger partial charge is 0.228 e. The summed E-state index contributed by atoms with van der Waals surface area (Å²) in [6.07, 6.45) is 0.816. The number of carbonyl (C=O) groups excluding carboxylic acids is 1. The van der Waals surface area contributed by atoms with E-state index in [4.69, 9.17) is 16.3 Å². The van der Waals surface area contributed by atoms with E-state index in [0.29, 0.717) is 35.9 Å². The Balaban J connectivity index is 1.98. The average molecular weight is 433 g/mol. The molecule has 0 N–H and O–H groups in total. The maximum Gasteiger partial charge on any atom is 0.228 e. The van der Waals surface area contributed by atoms with E-state index < -0.39 is 6.04 Å². The molecule has 0 radical (unpaired) electrons. The van der Waals surface area contributed by atoms with Gasteiger partial charge < -0.3 is 4.74 Å². The second-order valence-corrected chi connectivity index (χ2v) is 7.56. The van der Waals surface area contributed by atoms with Gasteiger partial charge in [0.25, 0.3) is 0 Å². The average Bonchev–Trinajstić information content (AvgIpc) is 2.81. The zero-order chi connectivity index (χ0) is 22.1. The molecule has 3 aromatic carbocycles. The van der Waals surface area contributed by atoms with Crippen LogP contribution in [0.5, 0.6) is 5.75 Å². The first-order valence-corrected chi connectivity index (χ1v) is 10.8. The van der Waals surface area contributed by atoms with Gasteiger partial charge in [-0.3, -0.25) is 9.69 Å². The van der Waals surface area contributed by atoms with Crippen LogP contribution < -0.4 is 9.64 Å². The van der Waals surface area contributed by atoms with Crippen LogP contribution in [0.15, 0.2) is 78.9 Å². The van der Waals surface area contributed by atoms with Gasteiger partial charge in [0.05, 0.1) is 6.07 Å². The Morgan fingerprint density at radius 1 is 1.03 bits per heavy atom. The Labute approximate surface area is 188 Å². The number of anilines is 1. The number of amides is 1. The summed E-state index contributed by atoms with van der Waals surface area (Å²) in [6.45, 7) is 2.31. The van der Waals surface area contributed by atoms with Crippen LogP contribution in [-0.4, -0.2) is 11.8 Å². The highest BCUT2D eigenvalue weighted by atomic mass is 35.5. The van der Waals surface area contributed by atoms with Crippen molar-refractivity contribution in [3.8, 4) is 11.8 Å². The monoisotopic (exact) mass is 432 g/mol. The summed E-state index contributed by atoms with van der Waals surface area (Å²) in [5, 5.41) is 10.2. The maximum atomic E-state index is 13.2. The lowest BCUT2D eigenvalue weighted by Crippen LogP contribution is -2.35. The molecular weight excluding hydrogens is 408 g/mol. The third-order valence-corrected chi connectivity index (χ3v) is 5.27. The first-order chi connectivity index (χ1) is 15.2. The predicted octanol–water partition coefficient (Wildman–Crippen LogP) is 6.19. The van der Waals surface area contributed by atoms with Gasteiger partial charge in [-0.2, -0.15) is 5.26 Å². The van der Waals surface area contributed by atoms with E-state index in [0.717, 1.165) is 11.1 Å². The van der Waals surface area contributed by atoms with Gasteiger partial charge in [-0.15, -0.1) is 11.6 Å². The molecule has 0 heterocycles. The van der Waals surface area contributed by atoms with Crippen LogP contribution in [0, 0.1) is 18.3 Å². The van der Waals surface area contributed by atoms with Crippen molar-refractivity contribution in [1.82, 2.24) is 0 Å². The van der Waals surface area contributed by atoms with Gasteiger partial charge in [-0.05, 0) is 36.6 Å². The van der Waals surface area contributed by atoms with Crippen molar-refractivity contribution in [3.63, 3.8) is 0 Å². The van der Waals surface area contributed by atoms with Crippen molar-refractivity contribution in [3.05, 3.63) is 95.6 Å². The zero-order valence-electron chi connectivity index (χ0n) is 17.5. The molecule has 0 saturated heterocycles. The molecule has 1 unspecified atom stereocenters. The Hall–Kier alpha value is -3.29. The van der Waals surface area contributed by atoms with Gasteiger partial charge in [-0.25, -0.2) is 0 Å². The number of hydrogen-bond acceptors (Lipinski definition) is 3. The van der Waals surface area contributed by atoms with Crippen LogP contribution in [0.25, 0.3) is 0 Å². The lowest BCUT2D eigenvalue weighted by molar-refractivity contribution is -0.118. The molecule has 1 atom stereocenters. The lowest BCUT2D eigenvalue weighted by atomic mass is 10.0. The number of halogens is 1. The van der Waals surface area contributed by atoms with Gasteiger partial charge in [-0.1, -0.05) is 66.7 Å². The number of carbonyl (C=O) groups is 1. The van der Waals surface area contributed by atoms with Crippen molar-refractivity contribution in [2.75, 3.05) is 10.8 Å². The van der Waals surface area contributed by atoms with Crippen LogP contribution in [0.1, 0.15) is 35.6 Å². The largest absolute Gasteiger partial charge is 0.489 e. The van der Waals surface area contributed by atoms with Gasteiger partial charge in [0.2, 0.25) is 5.91 Å². The maximum absolute atomic E-state index is 13.2. The Morgan fingerprint density at radius 3 is 2.42 bits per heavy atom. The van der Waals surface area contributed by atoms with Crippen LogP contribution in [-0.2, 0) is 11.4 Å². The van der Waals surface area contributed by atoms with E-state index in [1.165, 1.54) is 0 Å². The molecule has 0 saturated carbocycles. The Bertz CT molecular complexity index is 1050. The molecule has 0 aliphatic carbocycles. The summed E-state index contributed by atoms with van der Waals surface area (Å²) in [5.74, 6) is 0.836. The molecule has 1 amide bonds. The minimum Gasteiger partial charge on any atom is -0.489 e. The molecule has 158 valence electrons. The van der Waals surface area contributed by atoms with Gasteiger partial charge >= 0.3 is 0 Å². The highest BCUT2D eigenvalue weighted by molar-refractivity contribution is 6.18. The fourth-order valence-corrected chi connectivity index (χ4v) is 3.56. The molecule has 3 rings (SSSR count). The van der Waals surface area contributed by atoms with Crippen molar-refractivity contribution in [2.24, 2.45) is 0 Å². The molecule has 0 fully saturated rings. The van der Waals surface area contributed by atoms with Gasteiger partial charge in [0.1, 0.15) is 12.4 Å². The van der Waals surface area contributed by atoms with Gasteiger partial charge in [0.15, 0.2) is 6.04 Å². The standard InChI is InChI=1S/C26H25ClN2O2/c1-20-10-5-7-14-23(20)29(26(30)16-9-17-27)24(18-28)22-13-6-8-15-25(22)31-19-21-11-3-2-4-12-21/h2-8,10-15,24H,9,16-17,19H2,1H3. The molecule has 3 aromatic rings. The van der Waals surface area contributed by atoms with Crippen molar-refractivity contribution in [1.29, 1.82) is 5.26 Å². The number of nitriles is 1. The number of alkyl halides is 1. The Kier molecular flexibility index (Phi) is 8.09. The Morgan fingerprint density at radius 2 is 1.71 bits per heavy atom. The number of hydrogen-bond donors (Lipinski definition) is 0. The highest BCUT2D eigenvalue weighted by Gasteiger charge is 2.29. The van der Waals surface area contributed by atoms with E-state index in [-0.39, 0.29) is 12.3 Å². The second kappa shape index (κ2) is 11.2. The molecular formula is C26H25ClN2O2. The highest BCUT2D eigenvalue weighted by Crippen LogP contribution is 2.35. The quantitative estimate of drug-likeness (QED) is 0.379. The summed E-state index contributed by atoms with van der Waals surface area (Å²) in [7, 11) is 0. The topological polar surface area (TPSA) is 53.3 Å². The zero-order valence-corrected chi connectivity index (χ0v) is 18.3. The molecule has 31 heavy (non-hydrogen) atoms. The summed E-state index contributed by atoms with van der Waals surface area (Å²) in [4.78, 5) is 14.8. The van der Waals surface area contributed by atoms with E-state index in [1.807, 2.05) is 85.8 Å². The van der Waals surface area contributed by atoms with Crippen LogP contribution in [0.4, 0.5) is 5.69 Å². The van der Waals surface area contributed by atoms with Crippen molar-refractivity contribution >= 4 is 23.2 Å². The normalized spacial score (nSPS) is 11.4. The minimum absolute atomic E-state index is 0.139. The molecule has 5 heteroatoms. The molecule has 0 aromatic heterocycles. The number of rotatable bonds is 9. The van der Waals surface area contributed by atoms with Crippen molar-refractivity contribution < 1.29 is 9.53 Å². The summed E-state index contributed by atoms with van der Waals surface area (Å²) in [5.41, 5.74) is 3.32.